The van der Waals surface area contributed by atoms with Crippen LogP contribution in [-0.2, 0) is 0 Å². The van der Waals surface area contributed by atoms with Crippen LogP contribution >= 0.6 is 0 Å². The van der Waals surface area contributed by atoms with E-state index in [0.29, 0.717) is 29.2 Å². The summed E-state index contributed by atoms with van der Waals surface area (Å²) in [6.07, 6.45) is 0.861. The first-order chi connectivity index (χ1) is 13.6. The summed E-state index contributed by atoms with van der Waals surface area (Å²) < 4.78 is 10.8. The number of carbonyl (C=O) groups is 2. The maximum atomic E-state index is 12.3. The molecule has 1 heterocycles. The number of hydrazine groups is 1. The molecule has 2 N–H and O–H groups in total. The Morgan fingerprint density at radius 2 is 1.75 bits per heavy atom. The number of aromatic nitrogens is 1. The number of pyridine rings is 1. The van der Waals surface area contributed by atoms with Gasteiger partial charge in [0.2, 0.25) is 0 Å². The largest absolute Gasteiger partial charge is 0.493 e. The molecule has 0 aliphatic rings. The number of amides is 2. The van der Waals surface area contributed by atoms with Gasteiger partial charge < -0.3 is 9.47 Å². The van der Waals surface area contributed by atoms with E-state index in [1.54, 1.807) is 30.3 Å². The number of benzene rings is 2. The zero-order valence-corrected chi connectivity index (χ0v) is 15.7. The van der Waals surface area contributed by atoms with Crippen LogP contribution in [0.3, 0.4) is 0 Å². The molecule has 0 saturated heterocycles. The molecular weight excluding hydrogens is 358 g/mol. The molecule has 0 fully saturated rings. The van der Waals surface area contributed by atoms with Crippen molar-refractivity contribution in [2.24, 2.45) is 0 Å². The Bertz CT molecular complexity index is 1000. The van der Waals surface area contributed by atoms with E-state index >= 15 is 0 Å². The number of carbonyl (C=O) groups excluding carboxylic acids is 2. The van der Waals surface area contributed by atoms with E-state index in [4.69, 9.17) is 9.47 Å². The van der Waals surface area contributed by atoms with Gasteiger partial charge in [-0.3, -0.25) is 20.4 Å². The normalized spacial score (nSPS) is 10.4. The predicted octanol–water partition coefficient (Wildman–Crippen LogP) is 3.11. The molecule has 0 aliphatic carbocycles. The molecule has 0 unspecified atom stereocenters. The van der Waals surface area contributed by atoms with E-state index in [9.17, 15) is 9.59 Å². The topological polar surface area (TPSA) is 89.6 Å². The Kier molecular flexibility index (Phi) is 6.06. The fraction of sp³-hybridized carbons (Fsp3) is 0.190. The number of methoxy groups -OCH3 is 1. The Labute approximate surface area is 162 Å². The lowest BCUT2D eigenvalue weighted by molar-refractivity contribution is 0.0844. The van der Waals surface area contributed by atoms with Crippen LogP contribution in [0.5, 0.6) is 11.5 Å². The lowest BCUT2D eigenvalue weighted by Gasteiger charge is -2.12. The molecular formula is C21H21N3O4. The van der Waals surface area contributed by atoms with Crippen molar-refractivity contribution >= 4 is 22.7 Å². The van der Waals surface area contributed by atoms with Crippen LogP contribution in [-0.4, -0.2) is 30.5 Å². The molecule has 144 valence electrons. The molecule has 0 aliphatic heterocycles. The lowest BCUT2D eigenvalue weighted by Crippen LogP contribution is -2.41. The van der Waals surface area contributed by atoms with Crippen molar-refractivity contribution in [2.75, 3.05) is 13.7 Å². The molecule has 0 radical (unpaired) electrons. The summed E-state index contributed by atoms with van der Waals surface area (Å²) in [5.41, 5.74) is 6.00. The lowest BCUT2D eigenvalue weighted by atomic mass is 10.2. The van der Waals surface area contributed by atoms with Crippen molar-refractivity contribution in [3.63, 3.8) is 0 Å². The third-order valence-corrected chi connectivity index (χ3v) is 4.01. The van der Waals surface area contributed by atoms with Gasteiger partial charge in [0.1, 0.15) is 5.69 Å². The monoisotopic (exact) mass is 379 g/mol. The molecule has 0 bridgehead atoms. The third-order valence-electron chi connectivity index (χ3n) is 4.01. The average molecular weight is 379 g/mol. The third kappa shape index (κ3) is 4.37. The Morgan fingerprint density at radius 3 is 2.54 bits per heavy atom. The van der Waals surface area contributed by atoms with Crippen LogP contribution in [0, 0.1) is 0 Å². The Morgan fingerprint density at radius 1 is 0.964 bits per heavy atom. The highest BCUT2D eigenvalue weighted by Gasteiger charge is 2.13. The van der Waals surface area contributed by atoms with Gasteiger partial charge in [-0.25, -0.2) is 4.98 Å². The SMILES string of the molecule is CCCOc1ccc(C(=O)NNC(=O)c2ccc3ccccc3n2)cc1OC. The molecule has 0 saturated carbocycles. The number of nitrogens with one attached hydrogen (secondary N) is 2. The molecule has 3 rings (SSSR count). The summed E-state index contributed by atoms with van der Waals surface area (Å²) >= 11 is 0. The van der Waals surface area contributed by atoms with Crippen LogP contribution in [0.1, 0.15) is 34.2 Å². The smallest absolute Gasteiger partial charge is 0.288 e. The fourth-order valence-electron chi connectivity index (χ4n) is 2.58. The van der Waals surface area contributed by atoms with E-state index in [0.717, 1.165) is 11.8 Å². The summed E-state index contributed by atoms with van der Waals surface area (Å²) in [6.45, 7) is 2.55. The Balaban J connectivity index is 1.66. The van der Waals surface area contributed by atoms with Gasteiger partial charge in [-0.1, -0.05) is 31.2 Å². The van der Waals surface area contributed by atoms with Crippen molar-refractivity contribution < 1.29 is 19.1 Å². The number of ether oxygens (including phenoxy) is 2. The van der Waals surface area contributed by atoms with Crippen LogP contribution in [0.4, 0.5) is 0 Å². The summed E-state index contributed by atoms with van der Waals surface area (Å²) in [7, 11) is 1.50. The van der Waals surface area contributed by atoms with Crippen LogP contribution in [0.2, 0.25) is 0 Å². The standard InChI is InChI=1S/C21H21N3O4/c1-3-12-28-18-11-9-15(13-19(18)27-2)20(25)23-24-21(26)17-10-8-14-6-4-5-7-16(14)22-17/h4-11,13H,3,12H2,1-2H3,(H,23,25)(H,24,26). The fourth-order valence-corrected chi connectivity index (χ4v) is 2.58. The predicted molar refractivity (Wildman–Crippen MR) is 105 cm³/mol. The van der Waals surface area contributed by atoms with E-state index in [1.165, 1.54) is 7.11 Å². The first-order valence-corrected chi connectivity index (χ1v) is 8.89. The number of hydrogen-bond donors (Lipinski definition) is 2. The molecule has 7 nitrogen and oxygen atoms in total. The van der Waals surface area contributed by atoms with Crippen molar-refractivity contribution in [3.05, 3.63) is 65.9 Å². The highest BCUT2D eigenvalue weighted by atomic mass is 16.5. The van der Waals surface area contributed by atoms with E-state index in [2.05, 4.69) is 15.8 Å². The minimum atomic E-state index is -0.506. The van der Waals surface area contributed by atoms with Crippen molar-refractivity contribution in [1.82, 2.24) is 15.8 Å². The van der Waals surface area contributed by atoms with Crippen molar-refractivity contribution in [1.29, 1.82) is 0 Å². The van der Waals surface area contributed by atoms with Crippen LogP contribution < -0.4 is 20.3 Å². The van der Waals surface area contributed by atoms with E-state index in [1.807, 2.05) is 31.2 Å². The van der Waals surface area contributed by atoms with Gasteiger partial charge in [-0.05, 0) is 36.8 Å². The maximum absolute atomic E-state index is 12.3. The molecule has 2 amide bonds. The van der Waals surface area contributed by atoms with Gasteiger partial charge in [-0.15, -0.1) is 0 Å². The highest BCUT2D eigenvalue weighted by Crippen LogP contribution is 2.28. The van der Waals surface area contributed by atoms with Gasteiger partial charge in [0.25, 0.3) is 11.8 Å². The quantitative estimate of drug-likeness (QED) is 0.643. The highest BCUT2D eigenvalue weighted by molar-refractivity contribution is 5.99. The minimum Gasteiger partial charge on any atom is -0.493 e. The summed E-state index contributed by atoms with van der Waals surface area (Å²) in [5, 5.41) is 0.931. The zero-order chi connectivity index (χ0) is 19.9. The molecule has 1 aromatic heterocycles. The second-order valence-electron chi connectivity index (χ2n) is 6.01. The average Bonchev–Trinajstić information content (AvgIpc) is 2.75. The van der Waals surface area contributed by atoms with Gasteiger partial charge in [0.05, 0.1) is 19.2 Å². The Hall–Kier alpha value is -3.61. The first kappa shape index (κ1) is 19.2. The van der Waals surface area contributed by atoms with Crippen molar-refractivity contribution in [3.8, 4) is 11.5 Å². The number of rotatable bonds is 6. The number of hydrogen-bond acceptors (Lipinski definition) is 5. The summed E-state index contributed by atoms with van der Waals surface area (Å²) in [6, 6.07) is 15.7. The van der Waals surface area contributed by atoms with Gasteiger partial charge in [0, 0.05) is 10.9 Å². The van der Waals surface area contributed by atoms with Gasteiger partial charge >= 0.3 is 0 Å². The second-order valence-corrected chi connectivity index (χ2v) is 6.01. The summed E-state index contributed by atoms with van der Waals surface area (Å²) in [5.74, 6) is 0.0253. The molecule has 7 heteroatoms. The summed E-state index contributed by atoms with van der Waals surface area (Å²) in [4.78, 5) is 28.9. The second kappa shape index (κ2) is 8.85. The molecule has 0 spiro atoms. The number of nitrogens with zero attached hydrogens (tertiary/aromatic N) is 1. The minimum absolute atomic E-state index is 0.208. The zero-order valence-electron chi connectivity index (χ0n) is 15.7. The molecule has 28 heavy (non-hydrogen) atoms. The van der Waals surface area contributed by atoms with E-state index < -0.39 is 11.8 Å². The number of para-hydroxylation sites is 1. The van der Waals surface area contributed by atoms with Crippen LogP contribution in [0.15, 0.2) is 54.6 Å². The first-order valence-electron chi connectivity index (χ1n) is 8.89. The van der Waals surface area contributed by atoms with Gasteiger partial charge in [0.15, 0.2) is 11.5 Å². The van der Waals surface area contributed by atoms with Crippen molar-refractivity contribution in [2.45, 2.75) is 13.3 Å². The maximum Gasteiger partial charge on any atom is 0.288 e. The van der Waals surface area contributed by atoms with Gasteiger partial charge in [-0.2, -0.15) is 0 Å². The number of fused-ring (bicyclic) bond motifs is 1. The van der Waals surface area contributed by atoms with E-state index in [-0.39, 0.29) is 5.69 Å². The molecule has 0 atom stereocenters. The molecule has 2 aromatic carbocycles. The van der Waals surface area contributed by atoms with Crippen LogP contribution in [0.25, 0.3) is 10.9 Å². The molecule has 3 aromatic rings.